The number of carbonyl (C=O) groups excluding carboxylic acids is 1. The van der Waals surface area contributed by atoms with Gasteiger partial charge in [0.1, 0.15) is 11.5 Å². The van der Waals surface area contributed by atoms with Gasteiger partial charge in [-0.25, -0.2) is 4.52 Å². The molecule has 0 bridgehead atoms. The molecule has 4 aromatic rings. The Bertz CT molecular complexity index is 1440. The maximum atomic E-state index is 13.2. The Kier molecular flexibility index (Phi) is 6.08. The van der Waals surface area contributed by atoms with E-state index in [0.29, 0.717) is 40.4 Å². The van der Waals surface area contributed by atoms with E-state index in [1.807, 2.05) is 31.2 Å². The Balaban J connectivity index is 1.48. The van der Waals surface area contributed by atoms with Crippen LogP contribution in [0.4, 0.5) is 17.2 Å². The van der Waals surface area contributed by atoms with Crippen LogP contribution in [0.1, 0.15) is 35.3 Å². The van der Waals surface area contributed by atoms with Crippen LogP contribution in [-0.2, 0) is 4.74 Å². The molecule has 9 heteroatoms. The fourth-order valence-electron chi connectivity index (χ4n) is 4.53. The van der Waals surface area contributed by atoms with Crippen molar-refractivity contribution in [3.63, 3.8) is 0 Å². The molecule has 0 spiro atoms. The van der Waals surface area contributed by atoms with E-state index < -0.39 is 0 Å². The standard InChI is InChI=1S/C26H28N6O3/c1-16-6-8-19(14-28-16)31-10-4-5-21(26(31)34)30-18-12-22-20(15-29-32(22)25(13-18)27-2)23(33)11-17-7-9-24(17)35-3/h4-6,8,10,12-15,17,24,27,30H,7,9,11H2,1-3H3/t17-,24+/m1/s1. The first kappa shape index (κ1) is 22.8. The molecule has 1 saturated carbocycles. The van der Waals surface area contributed by atoms with Crippen molar-refractivity contribution in [3.8, 4) is 5.69 Å². The SMILES string of the molecule is CNc1cc(Nc2cccn(-c3ccc(C)nc3)c2=O)cc2c(C(=O)C[C@H]3CC[C@@H]3OC)cnn12. The molecule has 180 valence electrons. The van der Waals surface area contributed by atoms with Gasteiger partial charge in [-0.1, -0.05) is 0 Å². The number of aromatic nitrogens is 4. The second-order valence-corrected chi connectivity index (χ2v) is 8.85. The monoisotopic (exact) mass is 472 g/mol. The zero-order valence-corrected chi connectivity index (χ0v) is 20.0. The smallest absolute Gasteiger partial charge is 0.278 e. The normalized spacial score (nSPS) is 17.2. The summed E-state index contributed by atoms with van der Waals surface area (Å²) in [6.07, 6.45) is 7.57. The number of Topliss-reactive ketones (excluding diaryl/α,β-unsaturated/α-hetero) is 1. The average Bonchev–Trinajstić information content (AvgIpc) is 3.27. The third-order valence-corrected chi connectivity index (χ3v) is 6.67. The van der Waals surface area contributed by atoms with E-state index in [-0.39, 0.29) is 23.4 Å². The van der Waals surface area contributed by atoms with Crippen molar-refractivity contribution in [1.29, 1.82) is 0 Å². The van der Waals surface area contributed by atoms with Crippen LogP contribution in [0.2, 0.25) is 0 Å². The summed E-state index contributed by atoms with van der Waals surface area (Å²) in [6, 6.07) is 11.0. The first-order chi connectivity index (χ1) is 17.0. The lowest BCUT2D eigenvalue weighted by Crippen LogP contribution is -2.34. The second-order valence-electron chi connectivity index (χ2n) is 8.85. The minimum atomic E-state index is -0.204. The van der Waals surface area contributed by atoms with E-state index in [4.69, 9.17) is 4.74 Å². The number of ether oxygens (including phenoxy) is 1. The summed E-state index contributed by atoms with van der Waals surface area (Å²) in [5.74, 6) is 0.980. The molecule has 0 amide bonds. The molecule has 0 unspecified atom stereocenters. The largest absolute Gasteiger partial charge is 0.381 e. The lowest BCUT2D eigenvalue weighted by molar-refractivity contribution is -0.0171. The number of hydrogen-bond acceptors (Lipinski definition) is 7. The van der Waals surface area contributed by atoms with E-state index >= 15 is 0 Å². The molecule has 2 atom stereocenters. The van der Waals surface area contributed by atoms with E-state index in [9.17, 15) is 9.59 Å². The maximum absolute atomic E-state index is 13.2. The first-order valence-corrected chi connectivity index (χ1v) is 11.7. The Hall–Kier alpha value is -3.98. The van der Waals surface area contributed by atoms with Crippen molar-refractivity contribution in [3.05, 3.63) is 76.6 Å². The second kappa shape index (κ2) is 9.34. The number of carbonyl (C=O) groups is 1. The Morgan fingerprint density at radius 1 is 1.20 bits per heavy atom. The van der Waals surface area contributed by atoms with Gasteiger partial charge in [-0.3, -0.25) is 19.1 Å². The molecule has 2 N–H and O–H groups in total. The number of hydrogen-bond donors (Lipinski definition) is 2. The molecule has 1 fully saturated rings. The van der Waals surface area contributed by atoms with Gasteiger partial charge >= 0.3 is 0 Å². The molecule has 5 rings (SSSR count). The summed E-state index contributed by atoms with van der Waals surface area (Å²) in [4.78, 5) is 30.6. The highest BCUT2D eigenvalue weighted by molar-refractivity contribution is 6.03. The molecule has 0 saturated heterocycles. The first-order valence-electron chi connectivity index (χ1n) is 11.7. The van der Waals surface area contributed by atoms with Crippen molar-refractivity contribution >= 4 is 28.5 Å². The van der Waals surface area contributed by atoms with E-state index in [2.05, 4.69) is 20.7 Å². The number of ketones is 1. The summed E-state index contributed by atoms with van der Waals surface area (Å²) in [7, 11) is 3.49. The number of methoxy groups -OCH3 is 1. The molecule has 0 aliphatic heterocycles. The Morgan fingerprint density at radius 2 is 2.06 bits per heavy atom. The number of nitrogens with zero attached hydrogens (tertiary/aromatic N) is 4. The number of pyridine rings is 3. The van der Waals surface area contributed by atoms with Gasteiger partial charge < -0.3 is 15.4 Å². The van der Waals surface area contributed by atoms with Gasteiger partial charge in [-0.05, 0) is 56.0 Å². The predicted octanol–water partition coefficient (Wildman–Crippen LogP) is 3.97. The van der Waals surface area contributed by atoms with Crippen molar-refractivity contribution in [2.75, 3.05) is 24.8 Å². The van der Waals surface area contributed by atoms with Crippen molar-refractivity contribution < 1.29 is 9.53 Å². The van der Waals surface area contributed by atoms with Gasteiger partial charge in [0.2, 0.25) is 0 Å². The van der Waals surface area contributed by atoms with Gasteiger partial charge in [0, 0.05) is 44.2 Å². The Morgan fingerprint density at radius 3 is 2.74 bits per heavy atom. The lowest BCUT2D eigenvalue weighted by Gasteiger charge is -2.34. The molecule has 0 radical (unpaired) electrons. The van der Waals surface area contributed by atoms with Crippen LogP contribution in [0.25, 0.3) is 11.2 Å². The van der Waals surface area contributed by atoms with Crippen LogP contribution >= 0.6 is 0 Å². The van der Waals surface area contributed by atoms with Crippen LogP contribution < -0.4 is 16.2 Å². The van der Waals surface area contributed by atoms with Gasteiger partial charge in [0.25, 0.3) is 5.56 Å². The van der Waals surface area contributed by atoms with Crippen molar-refractivity contribution in [2.24, 2.45) is 5.92 Å². The number of nitrogens with one attached hydrogen (secondary N) is 2. The number of aryl methyl sites for hydroxylation is 1. The molecule has 35 heavy (non-hydrogen) atoms. The third-order valence-electron chi connectivity index (χ3n) is 6.67. The van der Waals surface area contributed by atoms with Gasteiger partial charge in [0.05, 0.1) is 35.3 Å². The highest BCUT2D eigenvalue weighted by atomic mass is 16.5. The molecule has 1 aliphatic carbocycles. The zero-order chi connectivity index (χ0) is 24.5. The van der Waals surface area contributed by atoms with Crippen LogP contribution in [-0.4, -0.2) is 45.2 Å². The molecule has 4 aromatic heterocycles. The van der Waals surface area contributed by atoms with E-state index in [0.717, 1.165) is 18.5 Å². The topological polar surface area (TPSA) is 103 Å². The summed E-state index contributed by atoms with van der Waals surface area (Å²) < 4.78 is 8.71. The summed E-state index contributed by atoms with van der Waals surface area (Å²) in [5.41, 5.74) is 3.68. The predicted molar refractivity (Wildman–Crippen MR) is 135 cm³/mol. The molecular formula is C26H28N6O3. The molecule has 0 aromatic carbocycles. The molecule has 1 aliphatic rings. The van der Waals surface area contributed by atoms with Crippen LogP contribution in [0.15, 0.2) is 59.8 Å². The van der Waals surface area contributed by atoms with Crippen molar-refractivity contribution in [2.45, 2.75) is 32.3 Å². The summed E-state index contributed by atoms with van der Waals surface area (Å²) >= 11 is 0. The van der Waals surface area contributed by atoms with E-state index in [1.54, 1.807) is 54.0 Å². The van der Waals surface area contributed by atoms with Gasteiger partial charge in [-0.2, -0.15) is 5.10 Å². The fourth-order valence-corrected chi connectivity index (χ4v) is 4.53. The quantitative estimate of drug-likeness (QED) is 0.374. The molecule has 4 heterocycles. The fraction of sp³-hybridized carbons (Fsp3) is 0.308. The highest BCUT2D eigenvalue weighted by Crippen LogP contribution is 2.34. The molecule has 9 nitrogen and oxygen atoms in total. The molecular weight excluding hydrogens is 444 g/mol. The number of fused-ring (bicyclic) bond motifs is 1. The third kappa shape index (κ3) is 4.30. The van der Waals surface area contributed by atoms with E-state index in [1.165, 1.54) is 0 Å². The lowest BCUT2D eigenvalue weighted by atomic mass is 9.78. The highest BCUT2D eigenvalue weighted by Gasteiger charge is 2.33. The van der Waals surface area contributed by atoms with Gasteiger partial charge in [-0.15, -0.1) is 0 Å². The summed E-state index contributed by atoms with van der Waals surface area (Å²) in [6.45, 7) is 1.90. The van der Waals surface area contributed by atoms with Crippen LogP contribution in [0.3, 0.4) is 0 Å². The van der Waals surface area contributed by atoms with Gasteiger partial charge in [0.15, 0.2) is 5.78 Å². The maximum Gasteiger partial charge on any atom is 0.278 e. The minimum absolute atomic E-state index is 0.0416. The average molecular weight is 473 g/mol. The van der Waals surface area contributed by atoms with Crippen LogP contribution in [0, 0.1) is 12.8 Å². The van der Waals surface area contributed by atoms with Crippen molar-refractivity contribution in [1.82, 2.24) is 19.2 Å². The van der Waals surface area contributed by atoms with Crippen LogP contribution in [0.5, 0.6) is 0 Å². The summed E-state index contributed by atoms with van der Waals surface area (Å²) in [5, 5.41) is 10.8. The number of rotatable bonds is 8. The number of anilines is 3. The minimum Gasteiger partial charge on any atom is -0.381 e. The Labute approximate surface area is 202 Å². The zero-order valence-electron chi connectivity index (χ0n) is 20.0.